The highest BCUT2D eigenvalue weighted by Crippen LogP contribution is 2.30. The number of allylic oxidation sites excluding steroid dienone is 2. The van der Waals surface area contributed by atoms with Gasteiger partial charge in [0.2, 0.25) is 5.88 Å². The fourth-order valence-electron chi connectivity index (χ4n) is 3.59. The van der Waals surface area contributed by atoms with E-state index < -0.39 is 0 Å². The zero-order chi connectivity index (χ0) is 24.9. The Bertz CT molecular complexity index is 1330. The number of rotatable bonds is 7. The van der Waals surface area contributed by atoms with Crippen LogP contribution in [-0.2, 0) is 11.8 Å². The van der Waals surface area contributed by atoms with Crippen molar-refractivity contribution in [3.05, 3.63) is 59.7 Å². The van der Waals surface area contributed by atoms with Crippen LogP contribution in [0.4, 0.5) is 5.69 Å². The molecule has 3 aromatic rings. The third kappa shape index (κ3) is 5.43. The van der Waals surface area contributed by atoms with Crippen molar-refractivity contribution in [3.63, 3.8) is 0 Å². The number of nitrogens with one attached hydrogen (secondary N) is 1. The number of hydrogen-bond acceptors (Lipinski definition) is 11. The van der Waals surface area contributed by atoms with Crippen LogP contribution in [0.25, 0.3) is 11.2 Å². The van der Waals surface area contributed by atoms with Crippen LogP contribution in [0.3, 0.4) is 0 Å². The summed E-state index contributed by atoms with van der Waals surface area (Å²) in [6, 6.07) is 5.34. The molecule has 1 aliphatic rings. The Kier molecular flexibility index (Phi) is 7.00. The molecule has 1 atom stereocenters. The quantitative estimate of drug-likeness (QED) is 0.358. The summed E-state index contributed by atoms with van der Waals surface area (Å²) in [4.78, 5) is 15.0. The Morgan fingerprint density at radius 1 is 1.37 bits per heavy atom. The molecular weight excluding hydrogens is 450 g/mol. The fraction of sp³-hybridized carbons (Fsp3) is 0.304. The highest BCUT2D eigenvalue weighted by atomic mass is 16.5. The zero-order valence-corrected chi connectivity index (χ0v) is 19.5. The molecule has 0 radical (unpaired) electrons. The molecule has 4 rings (SSSR count). The second-order valence-electron chi connectivity index (χ2n) is 8.04. The summed E-state index contributed by atoms with van der Waals surface area (Å²) in [7, 11) is 1.83. The molecule has 12 heteroatoms. The predicted molar refractivity (Wildman–Crippen MR) is 129 cm³/mol. The van der Waals surface area contributed by atoms with Crippen molar-refractivity contribution in [2.24, 2.45) is 18.5 Å². The lowest BCUT2D eigenvalue weighted by Crippen LogP contribution is -2.45. The van der Waals surface area contributed by atoms with Gasteiger partial charge in [0.15, 0.2) is 11.4 Å². The number of imidazole rings is 1. The van der Waals surface area contributed by atoms with Gasteiger partial charge in [0.05, 0.1) is 43.4 Å². The Morgan fingerprint density at radius 3 is 2.94 bits per heavy atom. The van der Waals surface area contributed by atoms with E-state index >= 15 is 0 Å². The molecule has 1 aliphatic heterocycles. The van der Waals surface area contributed by atoms with E-state index in [0.717, 1.165) is 5.56 Å². The third-order valence-electron chi connectivity index (χ3n) is 5.46. The smallest absolute Gasteiger partial charge is 0.223 e. The number of hydrogen-bond donors (Lipinski definition) is 4. The SMILES string of the molecule is Cc1cc(C#N)ncc1Oc1cc(N/C(N)=C/C=C(\N)N2CCOC(CO)C2)c2ncn(C)c2n1. The zero-order valence-electron chi connectivity index (χ0n) is 19.5. The summed E-state index contributed by atoms with van der Waals surface area (Å²) in [6.45, 7) is 3.39. The Hall–Kier alpha value is -4.34. The Balaban J connectivity index is 1.57. The second-order valence-corrected chi connectivity index (χ2v) is 8.04. The summed E-state index contributed by atoms with van der Waals surface area (Å²) in [5.74, 6) is 1.64. The number of nitrogens with two attached hydrogens (primary N) is 2. The van der Waals surface area contributed by atoms with Crippen molar-refractivity contribution in [2.45, 2.75) is 13.0 Å². The molecular formula is C23H27N9O3. The lowest BCUT2D eigenvalue weighted by atomic mass is 10.2. The molecule has 1 fully saturated rings. The topological polar surface area (TPSA) is 173 Å². The molecule has 1 unspecified atom stereocenters. The van der Waals surface area contributed by atoms with E-state index in [9.17, 15) is 5.11 Å². The standard InChI is InChI=1S/C23H27N9O3/c1-14-7-15(9-24)27-10-18(14)35-21-8-17(22-23(30-21)31(2)13-28-22)29-19(25)3-4-20(26)32-5-6-34-16(11-32)12-33/h3-4,7-8,10,13,16,33H,5-6,11-12,25-26H2,1-2H3,(H,29,30)/b19-3+,20-4+. The lowest BCUT2D eigenvalue weighted by molar-refractivity contribution is -0.0434. The van der Waals surface area contributed by atoms with Gasteiger partial charge in [0.25, 0.3) is 0 Å². The molecule has 0 aliphatic carbocycles. The van der Waals surface area contributed by atoms with Gasteiger partial charge in [-0.1, -0.05) is 0 Å². The highest BCUT2D eigenvalue weighted by Gasteiger charge is 2.20. The minimum absolute atomic E-state index is 0.0616. The average Bonchev–Trinajstić information content (AvgIpc) is 3.24. The van der Waals surface area contributed by atoms with Crippen molar-refractivity contribution < 1.29 is 14.6 Å². The Morgan fingerprint density at radius 2 is 2.20 bits per heavy atom. The van der Waals surface area contributed by atoms with Gasteiger partial charge in [0, 0.05) is 26.2 Å². The van der Waals surface area contributed by atoms with Crippen LogP contribution >= 0.6 is 0 Å². The van der Waals surface area contributed by atoms with Crippen LogP contribution in [-0.4, -0.2) is 61.9 Å². The maximum atomic E-state index is 9.32. The van der Waals surface area contributed by atoms with Crippen molar-refractivity contribution in [3.8, 4) is 17.7 Å². The predicted octanol–water partition coefficient (Wildman–Crippen LogP) is 1.04. The highest BCUT2D eigenvalue weighted by molar-refractivity contribution is 5.87. The third-order valence-corrected chi connectivity index (χ3v) is 5.46. The number of nitriles is 1. The van der Waals surface area contributed by atoms with Crippen molar-refractivity contribution >= 4 is 16.9 Å². The number of fused-ring (bicyclic) bond motifs is 1. The molecule has 0 amide bonds. The largest absolute Gasteiger partial charge is 0.437 e. The van der Waals surface area contributed by atoms with Gasteiger partial charge in [-0.3, -0.25) is 0 Å². The molecule has 4 heterocycles. The number of aryl methyl sites for hydroxylation is 2. The average molecular weight is 478 g/mol. The molecule has 0 bridgehead atoms. The maximum Gasteiger partial charge on any atom is 0.223 e. The van der Waals surface area contributed by atoms with Gasteiger partial charge < -0.3 is 40.8 Å². The molecule has 6 N–H and O–H groups in total. The molecule has 35 heavy (non-hydrogen) atoms. The van der Waals surface area contributed by atoms with Crippen molar-refractivity contribution in [1.29, 1.82) is 5.26 Å². The first-order valence-electron chi connectivity index (χ1n) is 10.9. The number of aliphatic hydroxyl groups is 1. The Labute approximate surface area is 202 Å². The first-order chi connectivity index (χ1) is 16.9. The van der Waals surface area contributed by atoms with Crippen LogP contribution in [0.1, 0.15) is 11.3 Å². The number of anilines is 1. The van der Waals surface area contributed by atoms with E-state index in [1.165, 1.54) is 6.20 Å². The van der Waals surface area contributed by atoms with E-state index in [0.29, 0.717) is 65.5 Å². The van der Waals surface area contributed by atoms with Gasteiger partial charge in [-0.15, -0.1) is 0 Å². The number of aromatic nitrogens is 4. The summed E-state index contributed by atoms with van der Waals surface area (Å²) in [5, 5.41) is 21.5. The number of nitrogens with zero attached hydrogens (tertiary/aromatic N) is 6. The van der Waals surface area contributed by atoms with Gasteiger partial charge in [-0.05, 0) is 30.7 Å². The molecule has 0 spiro atoms. The van der Waals surface area contributed by atoms with E-state index in [1.54, 1.807) is 35.2 Å². The molecule has 1 saturated heterocycles. The molecule has 12 nitrogen and oxygen atoms in total. The van der Waals surface area contributed by atoms with Crippen LogP contribution in [0, 0.1) is 18.3 Å². The van der Waals surface area contributed by atoms with E-state index in [1.807, 2.05) is 24.9 Å². The number of aliphatic hydroxyl groups excluding tert-OH is 1. The first kappa shape index (κ1) is 23.8. The van der Waals surface area contributed by atoms with Gasteiger partial charge in [-0.2, -0.15) is 10.2 Å². The normalized spacial score (nSPS) is 16.9. The van der Waals surface area contributed by atoms with E-state index in [2.05, 4.69) is 20.3 Å². The summed E-state index contributed by atoms with van der Waals surface area (Å²) in [5.41, 5.74) is 15.3. The second kappa shape index (κ2) is 10.3. The van der Waals surface area contributed by atoms with Crippen LogP contribution in [0.2, 0.25) is 0 Å². The molecule has 0 saturated carbocycles. The fourth-order valence-corrected chi connectivity index (χ4v) is 3.59. The van der Waals surface area contributed by atoms with E-state index in [4.69, 9.17) is 26.2 Å². The van der Waals surface area contributed by atoms with Gasteiger partial charge >= 0.3 is 0 Å². The van der Waals surface area contributed by atoms with Gasteiger partial charge in [-0.25, -0.2) is 9.97 Å². The minimum Gasteiger partial charge on any atom is -0.437 e. The molecule has 0 aromatic carbocycles. The van der Waals surface area contributed by atoms with E-state index in [-0.39, 0.29) is 12.7 Å². The van der Waals surface area contributed by atoms with Crippen molar-refractivity contribution in [2.75, 3.05) is 31.6 Å². The number of ether oxygens (including phenoxy) is 2. The van der Waals surface area contributed by atoms with Crippen LogP contribution in [0.5, 0.6) is 11.6 Å². The maximum absolute atomic E-state index is 9.32. The minimum atomic E-state index is -0.266. The summed E-state index contributed by atoms with van der Waals surface area (Å²) < 4.78 is 13.2. The number of pyridine rings is 2. The molecule has 182 valence electrons. The number of morpholine rings is 1. The van der Waals surface area contributed by atoms with Crippen molar-refractivity contribution in [1.82, 2.24) is 24.4 Å². The van der Waals surface area contributed by atoms with Gasteiger partial charge in [0.1, 0.15) is 23.1 Å². The summed E-state index contributed by atoms with van der Waals surface area (Å²) >= 11 is 0. The first-order valence-corrected chi connectivity index (χ1v) is 10.9. The van der Waals surface area contributed by atoms with Crippen LogP contribution < -0.4 is 21.5 Å². The molecule has 3 aromatic heterocycles. The lowest BCUT2D eigenvalue weighted by Gasteiger charge is -2.33. The summed E-state index contributed by atoms with van der Waals surface area (Å²) in [6.07, 6.45) is 6.23. The monoisotopic (exact) mass is 477 g/mol. The van der Waals surface area contributed by atoms with Crippen LogP contribution in [0.15, 0.2) is 48.5 Å².